The molecule has 2 aromatic carbocycles. The number of amides is 1. The number of fused-ring (bicyclic) bond motifs is 3. The first-order valence-electron chi connectivity index (χ1n) is 21.1. The fourth-order valence-corrected chi connectivity index (χ4v) is 6.17. The lowest BCUT2D eigenvalue weighted by molar-refractivity contribution is -0.145. The van der Waals surface area contributed by atoms with Crippen LogP contribution in [0.25, 0.3) is 11.1 Å². The molecule has 1 aliphatic rings. The number of carbonyl (C=O) groups is 2. The minimum absolute atomic E-state index is 0.0480. The molecule has 1 aliphatic carbocycles. The number of unbranched alkanes of at least 4 members (excludes halogenated alkanes) is 6. The van der Waals surface area contributed by atoms with Gasteiger partial charge in [0.25, 0.3) is 0 Å². The molecule has 0 aromatic heterocycles. The van der Waals surface area contributed by atoms with Crippen molar-refractivity contribution in [2.45, 2.75) is 70.6 Å². The number of hydrogen-bond donors (Lipinski definition) is 1. The standard InChI is InChI=1S/C44H69NO12/c1-2-3-4-5-6-7-8-18-43(46)56-36-35-55-34-33-54-32-31-53-30-29-52-28-27-51-26-25-50-24-23-49-22-21-48-20-13-19-45-44(47)57-37-42-40-16-11-9-14-38(40)39-15-10-12-17-41(39)42/h9-12,14-17,42H,2-8,13,18-37H2,1H3,(H,45,47). The minimum Gasteiger partial charge on any atom is -0.463 e. The molecule has 0 bridgehead atoms. The van der Waals surface area contributed by atoms with Crippen LogP contribution in [0.15, 0.2) is 48.5 Å². The predicted molar refractivity (Wildman–Crippen MR) is 218 cm³/mol. The zero-order valence-corrected chi connectivity index (χ0v) is 34.4. The van der Waals surface area contributed by atoms with Crippen LogP contribution in [0.1, 0.15) is 81.8 Å². The van der Waals surface area contributed by atoms with Crippen molar-refractivity contribution in [3.8, 4) is 11.1 Å². The summed E-state index contributed by atoms with van der Waals surface area (Å²) in [6.07, 6.45) is 9.03. The molecule has 2 aromatic rings. The largest absolute Gasteiger partial charge is 0.463 e. The summed E-state index contributed by atoms with van der Waals surface area (Å²) < 4.78 is 54.8. The van der Waals surface area contributed by atoms with Crippen LogP contribution in [0, 0.1) is 0 Å². The molecule has 0 aliphatic heterocycles. The normalized spacial score (nSPS) is 12.1. The van der Waals surface area contributed by atoms with Crippen LogP contribution < -0.4 is 5.32 Å². The number of alkyl carbamates (subject to hydrolysis) is 1. The molecular formula is C44H69NO12. The lowest BCUT2D eigenvalue weighted by atomic mass is 9.98. The van der Waals surface area contributed by atoms with E-state index < -0.39 is 6.09 Å². The number of esters is 1. The van der Waals surface area contributed by atoms with E-state index in [0.29, 0.717) is 132 Å². The van der Waals surface area contributed by atoms with E-state index in [-0.39, 0.29) is 18.5 Å². The van der Waals surface area contributed by atoms with Gasteiger partial charge in [0, 0.05) is 25.5 Å². The Morgan fingerprint density at radius 3 is 1.35 bits per heavy atom. The first-order chi connectivity index (χ1) is 28.2. The monoisotopic (exact) mass is 803 g/mol. The molecule has 0 saturated heterocycles. The van der Waals surface area contributed by atoms with Gasteiger partial charge in [-0.1, -0.05) is 94.0 Å². The van der Waals surface area contributed by atoms with Crippen LogP contribution >= 0.6 is 0 Å². The first-order valence-corrected chi connectivity index (χ1v) is 21.1. The Balaban J connectivity index is 0.945. The van der Waals surface area contributed by atoms with Crippen LogP contribution in [-0.2, 0) is 52.2 Å². The molecule has 57 heavy (non-hydrogen) atoms. The van der Waals surface area contributed by atoms with Gasteiger partial charge in [-0.15, -0.1) is 0 Å². The highest BCUT2D eigenvalue weighted by molar-refractivity contribution is 5.79. The summed E-state index contributed by atoms with van der Waals surface area (Å²) in [4.78, 5) is 24.0. The number of benzene rings is 2. The molecule has 1 amide bonds. The fraction of sp³-hybridized carbons (Fsp3) is 0.682. The van der Waals surface area contributed by atoms with Crippen molar-refractivity contribution in [3.05, 3.63) is 59.7 Å². The van der Waals surface area contributed by atoms with Gasteiger partial charge in [-0.25, -0.2) is 4.79 Å². The summed E-state index contributed by atoms with van der Waals surface area (Å²) in [5.41, 5.74) is 4.80. The number of hydrogen-bond acceptors (Lipinski definition) is 12. The van der Waals surface area contributed by atoms with E-state index in [0.717, 1.165) is 12.8 Å². The van der Waals surface area contributed by atoms with Crippen LogP contribution in [0.3, 0.4) is 0 Å². The first kappa shape index (κ1) is 48.2. The molecule has 0 spiro atoms. The van der Waals surface area contributed by atoms with E-state index in [1.165, 1.54) is 54.4 Å². The van der Waals surface area contributed by atoms with E-state index in [9.17, 15) is 9.59 Å². The van der Waals surface area contributed by atoms with Crippen LogP contribution in [-0.4, -0.2) is 138 Å². The van der Waals surface area contributed by atoms with Gasteiger partial charge in [0.2, 0.25) is 0 Å². The molecule has 0 unspecified atom stereocenters. The Bertz CT molecular complexity index is 1250. The molecule has 0 atom stereocenters. The predicted octanol–water partition coefficient (Wildman–Crippen LogP) is 6.73. The SMILES string of the molecule is CCCCCCCCCC(=O)OCCOCCOCCOCCOCCOCCOCCOCCOCCCNC(=O)OCC1c2ccccc2-c2ccccc21. The van der Waals surface area contributed by atoms with Gasteiger partial charge in [0.1, 0.15) is 13.2 Å². The van der Waals surface area contributed by atoms with E-state index in [1.807, 2.05) is 24.3 Å². The third-order valence-electron chi connectivity index (χ3n) is 9.16. The van der Waals surface area contributed by atoms with E-state index >= 15 is 0 Å². The second-order valence-electron chi connectivity index (χ2n) is 13.6. The minimum atomic E-state index is -0.416. The number of carbonyl (C=O) groups excluding carboxylic acids is 2. The molecule has 1 N–H and O–H groups in total. The number of rotatable bonds is 38. The smallest absolute Gasteiger partial charge is 0.407 e. The molecule has 322 valence electrons. The molecule has 0 heterocycles. The Morgan fingerprint density at radius 2 is 0.877 bits per heavy atom. The number of nitrogens with one attached hydrogen (secondary N) is 1. The Kier molecular flexibility index (Phi) is 28.6. The lowest BCUT2D eigenvalue weighted by Gasteiger charge is -2.14. The maximum atomic E-state index is 12.3. The summed E-state index contributed by atoms with van der Waals surface area (Å²) in [6.45, 7) is 10.9. The maximum Gasteiger partial charge on any atom is 0.407 e. The summed E-state index contributed by atoms with van der Waals surface area (Å²) >= 11 is 0. The van der Waals surface area contributed by atoms with Crippen molar-refractivity contribution in [2.24, 2.45) is 0 Å². The maximum absolute atomic E-state index is 12.3. The van der Waals surface area contributed by atoms with Crippen LogP contribution in [0.2, 0.25) is 0 Å². The summed E-state index contributed by atoms with van der Waals surface area (Å²) in [7, 11) is 0. The molecule has 0 radical (unpaired) electrons. The van der Waals surface area contributed by atoms with Gasteiger partial charge < -0.3 is 52.7 Å². The zero-order valence-electron chi connectivity index (χ0n) is 34.4. The summed E-state index contributed by atoms with van der Waals surface area (Å²) in [5, 5.41) is 2.81. The van der Waals surface area contributed by atoms with Crippen molar-refractivity contribution in [2.75, 3.05) is 125 Å². The Morgan fingerprint density at radius 1 is 0.474 bits per heavy atom. The Hall–Kier alpha value is -3.14. The fourth-order valence-electron chi connectivity index (χ4n) is 6.17. The number of ether oxygens (including phenoxy) is 10. The van der Waals surface area contributed by atoms with Crippen LogP contribution in [0.4, 0.5) is 4.79 Å². The molecular weight excluding hydrogens is 734 g/mol. The summed E-state index contributed by atoms with van der Waals surface area (Å²) in [5.74, 6) is -0.0963. The zero-order chi connectivity index (χ0) is 40.3. The third kappa shape index (κ3) is 23.1. The molecule has 0 fully saturated rings. The molecule has 13 heteroatoms. The molecule has 13 nitrogen and oxygen atoms in total. The Labute approximate surface area is 340 Å². The average molecular weight is 804 g/mol. The average Bonchev–Trinajstić information content (AvgIpc) is 3.55. The quantitative estimate of drug-likeness (QED) is 0.0569. The van der Waals surface area contributed by atoms with E-state index in [1.54, 1.807) is 0 Å². The van der Waals surface area contributed by atoms with Gasteiger partial charge in [0.05, 0.1) is 99.1 Å². The van der Waals surface area contributed by atoms with Crippen LogP contribution in [0.5, 0.6) is 0 Å². The van der Waals surface area contributed by atoms with Crippen molar-refractivity contribution >= 4 is 12.1 Å². The highest BCUT2D eigenvalue weighted by Crippen LogP contribution is 2.44. The molecule has 0 saturated carbocycles. The topological polar surface area (TPSA) is 138 Å². The van der Waals surface area contributed by atoms with Crippen molar-refractivity contribution < 1.29 is 57.0 Å². The summed E-state index contributed by atoms with van der Waals surface area (Å²) in [6, 6.07) is 16.6. The van der Waals surface area contributed by atoms with Crippen molar-refractivity contribution in [1.82, 2.24) is 5.32 Å². The van der Waals surface area contributed by atoms with Crippen molar-refractivity contribution in [1.29, 1.82) is 0 Å². The van der Waals surface area contributed by atoms with E-state index in [4.69, 9.17) is 47.4 Å². The second kappa shape index (κ2) is 33.8. The highest BCUT2D eigenvalue weighted by Gasteiger charge is 2.29. The van der Waals surface area contributed by atoms with Gasteiger partial charge in [0.15, 0.2) is 0 Å². The van der Waals surface area contributed by atoms with Gasteiger partial charge in [-0.2, -0.15) is 0 Å². The lowest BCUT2D eigenvalue weighted by Crippen LogP contribution is -2.27. The van der Waals surface area contributed by atoms with Crippen molar-refractivity contribution in [3.63, 3.8) is 0 Å². The van der Waals surface area contributed by atoms with Gasteiger partial charge >= 0.3 is 12.1 Å². The van der Waals surface area contributed by atoms with E-state index in [2.05, 4.69) is 36.5 Å². The third-order valence-corrected chi connectivity index (χ3v) is 9.16. The van der Waals surface area contributed by atoms with Gasteiger partial charge in [-0.05, 0) is 35.1 Å². The second-order valence-corrected chi connectivity index (χ2v) is 13.6. The highest BCUT2D eigenvalue weighted by atomic mass is 16.6. The van der Waals surface area contributed by atoms with Gasteiger partial charge in [-0.3, -0.25) is 4.79 Å². The molecule has 3 rings (SSSR count).